The van der Waals surface area contributed by atoms with Gasteiger partial charge >= 0.3 is 0 Å². The van der Waals surface area contributed by atoms with Crippen molar-refractivity contribution >= 4 is 5.91 Å². The van der Waals surface area contributed by atoms with Crippen LogP contribution < -0.4 is 5.32 Å². The van der Waals surface area contributed by atoms with E-state index in [0.29, 0.717) is 25.1 Å². The van der Waals surface area contributed by atoms with Gasteiger partial charge in [0, 0.05) is 6.07 Å². The summed E-state index contributed by atoms with van der Waals surface area (Å²) in [5.41, 5.74) is -0.254. The Hall–Kier alpha value is -1.83. The van der Waals surface area contributed by atoms with Crippen molar-refractivity contribution in [3.05, 3.63) is 18.0 Å². The minimum atomic E-state index is -0.909. The van der Waals surface area contributed by atoms with Crippen LogP contribution in [0.3, 0.4) is 0 Å². The first kappa shape index (κ1) is 14.2. The normalized spacial score (nSPS) is 10.9. The highest BCUT2D eigenvalue weighted by atomic mass is 16.5. The lowest BCUT2D eigenvalue weighted by Crippen LogP contribution is -2.39. The molecule has 1 rings (SSSR count). The van der Waals surface area contributed by atoms with Crippen LogP contribution in [0.5, 0.6) is 0 Å². The molecule has 0 aliphatic carbocycles. The van der Waals surface area contributed by atoms with Crippen molar-refractivity contribution in [2.45, 2.75) is 46.1 Å². The van der Waals surface area contributed by atoms with E-state index in [9.17, 15) is 10.1 Å². The number of hydrogen-bond donors (Lipinski definition) is 1. The van der Waals surface area contributed by atoms with Crippen LogP contribution in [0.25, 0.3) is 0 Å². The Bertz CT molecular complexity index is 400. The molecule has 0 fully saturated rings. The van der Waals surface area contributed by atoms with E-state index in [-0.39, 0.29) is 5.91 Å². The lowest BCUT2D eigenvalue weighted by Gasteiger charge is -2.24. The van der Waals surface area contributed by atoms with Crippen molar-refractivity contribution in [2.24, 2.45) is 5.41 Å². The van der Waals surface area contributed by atoms with Gasteiger partial charge in [-0.2, -0.15) is 5.26 Å². The number of nitrogens with one attached hydrogen (secondary N) is 1. The highest BCUT2D eigenvalue weighted by Gasteiger charge is 2.36. The topological polar surface area (TPSA) is 78.9 Å². The van der Waals surface area contributed by atoms with Crippen molar-refractivity contribution in [3.63, 3.8) is 0 Å². The zero-order valence-electron chi connectivity index (χ0n) is 10.9. The standard InChI is InChI=1S/C13H19N3O2/c1-3-6-13(10-14,7-4-2)12(17)15-9-11-5-8-18-16-11/h5,8H,3-4,6-7,9H2,1-2H3,(H,15,17). The number of carbonyl (C=O) groups excluding carboxylic acids is 1. The second kappa shape index (κ2) is 6.80. The summed E-state index contributed by atoms with van der Waals surface area (Å²) in [4.78, 5) is 12.2. The average Bonchev–Trinajstić information content (AvgIpc) is 2.88. The van der Waals surface area contributed by atoms with Gasteiger partial charge in [-0.05, 0) is 12.8 Å². The fourth-order valence-corrected chi connectivity index (χ4v) is 2.04. The van der Waals surface area contributed by atoms with Crippen LogP contribution in [-0.4, -0.2) is 11.1 Å². The van der Waals surface area contributed by atoms with Gasteiger partial charge in [-0.3, -0.25) is 4.79 Å². The van der Waals surface area contributed by atoms with E-state index in [0.717, 1.165) is 12.8 Å². The van der Waals surface area contributed by atoms with Crippen LogP contribution >= 0.6 is 0 Å². The summed E-state index contributed by atoms with van der Waals surface area (Å²) in [6.45, 7) is 4.26. The summed E-state index contributed by atoms with van der Waals surface area (Å²) >= 11 is 0. The molecule has 18 heavy (non-hydrogen) atoms. The van der Waals surface area contributed by atoms with E-state index in [2.05, 4.69) is 21.1 Å². The molecule has 1 aromatic heterocycles. The maximum atomic E-state index is 12.2. The third kappa shape index (κ3) is 3.33. The molecule has 98 valence electrons. The minimum Gasteiger partial charge on any atom is -0.364 e. The quantitative estimate of drug-likeness (QED) is 0.804. The van der Waals surface area contributed by atoms with Gasteiger partial charge in [-0.25, -0.2) is 0 Å². The van der Waals surface area contributed by atoms with Crippen molar-refractivity contribution < 1.29 is 9.32 Å². The third-order valence-electron chi connectivity index (χ3n) is 2.92. The van der Waals surface area contributed by atoms with E-state index >= 15 is 0 Å². The van der Waals surface area contributed by atoms with Crippen molar-refractivity contribution in [1.82, 2.24) is 10.5 Å². The maximum absolute atomic E-state index is 12.2. The SMILES string of the molecule is CCCC(C#N)(CCC)C(=O)NCc1ccon1. The highest BCUT2D eigenvalue weighted by molar-refractivity contribution is 5.85. The predicted molar refractivity (Wildman–Crippen MR) is 66.2 cm³/mol. The first-order valence-corrected chi connectivity index (χ1v) is 6.27. The fraction of sp³-hybridized carbons (Fsp3) is 0.615. The average molecular weight is 249 g/mol. The molecule has 1 amide bonds. The summed E-state index contributed by atoms with van der Waals surface area (Å²) in [6.07, 6.45) is 4.25. The Kier molecular flexibility index (Phi) is 5.37. The number of nitriles is 1. The zero-order chi connectivity index (χ0) is 13.4. The molecular formula is C13H19N3O2. The minimum absolute atomic E-state index is 0.211. The van der Waals surface area contributed by atoms with Gasteiger partial charge in [0.1, 0.15) is 17.4 Å². The number of nitrogens with zero attached hydrogens (tertiary/aromatic N) is 2. The summed E-state index contributed by atoms with van der Waals surface area (Å²) in [5, 5.41) is 15.8. The molecular weight excluding hydrogens is 230 g/mol. The van der Waals surface area contributed by atoms with E-state index in [1.54, 1.807) is 6.07 Å². The van der Waals surface area contributed by atoms with E-state index in [4.69, 9.17) is 0 Å². The largest absolute Gasteiger partial charge is 0.364 e. The van der Waals surface area contributed by atoms with Crippen molar-refractivity contribution in [1.29, 1.82) is 5.26 Å². The molecule has 0 saturated heterocycles. The van der Waals surface area contributed by atoms with Gasteiger partial charge in [-0.1, -0.05) is 31.8 Å². The molecule has 0 atom stereocenters. The molecule has 0 bridgehead atoms. The Morgan fingerprint density at radius 2 is 2.17 bits per heavy atom. The fourth-order valence-electron chi connectivity index (χ4n) is 2.04. The van der Waals surface area contributed by atoms with Crippen LogP contribution in [0.1, 0.15) is 45.2 Å². The third-order valence-corrected chi connectivity index (χ3v) is 2.92. The Morgan fingerprint density at radius 1 is 1.50 bits per heavy atom. The zero-order valence-corrected chi connectivity index (χ0v) is 10.9. The summed E-state index contributed by atoms with van der Waals surface area (Å²) < 4.78 is 4.69. The van der Waals surface area contributed by atoms with Crippen LogP contribution in [0.15, 0.2) is 16.9 Å². The molecule has 5 nitrogen and oxygen atoms in total. The molecule has 0 radical (unpaired) electrons. The first-order valence-electron chi connectivity index (χ1n) is 6.27. The molecule has 0 spiro atoms. The van der Waals surface area contributed by atoms with Crippen LogP contribution in [0.2, 0.25) is 0 Å². The Morgan fingerprint density at radius 3 is 2.61 bits per heavy atom. The summed E-state index contributed by atoms with van der Waals surface area (Å²) in [7, 11) is 0. The maximum Gasteiger partial charge on any atom is 0.240 e. The van der Waals surface area contributed by atoms with Crippen molar-refractivity contribution in [3.8, 4) is 6.07 Å². The van der Waals surface area contributed by atoms with E-state index < -0.39 is 5.41 Å². The second-order valence-electron chi connectivity index (χ2n) is 4.37. The predicted octanol–water partition coefficient (Wildman–Crippen LogP) is 2.40. The number of rotatable bonds is 7. The summed E-state index contributed by atoms with van der Waals surface area (Å²) in [5.74, 6) is -0.211. The van der Waals surface area contributed by atoms with Gasteiger partial charge in [-0.15, -0.1) is 0 Å². The second-order valence-corrected chi connectivity index (χ2v) is 4.37. The monoisotopic (exact) mass is 249 g/mol. The number of hydrogen-bond acceptors (Lipinski definition) is 4. The molecule has 1 heterocycles. The molecule has 0 aliphatic rings. The molecule has 1 aromatic rings. The van der Waals surface area contributed by atoms with Crippen LogP contribution in [-0.2, 0) is 11.3 Å². The van der Waals surface area contributed by atoms with Gasteiger partial charge < -0.3 is 9.84 Å². The summed E-state index contributed by atoms with van der Waals surface area (Å²) in [6, 6.07) is 3.88. The lowest BCUT2D eigenvalue weighted by molar-refractivity contribution is -0.129. The van der Waals surface area contributed by atoms with Gasteiger partial charge in [0.05, 0.1) is 12.6 Å². The van der Waals surface area contributed by atoms with E-state index in [1.807, 2.05) is 13.8 Å². The van der Waals surface area contributed by atoms with Gasteiger partial charge in [0.15, 0.2) is 0 Å². The first-order chi connectivity index (χ1) is 8.68. The smallest absolute Gasteiger partial charge is 0.240 e. The molecule has 0 unspecified atom stereocenters. The van der Waals surface area contributed by atoms with Crippen LogP contribution in [0.4, 0.5) is 0 Å². The molecule has 1 N–H and O–H groups in total. The lowest BCUT2D eigenvalue weighted by atomic mass is 9.80. The molecule has 5 heteroatoms. The van der Waals surface area contributed by atoms with E-state index in [1.165, 1.54) is 6.26 Å². The number of aromatic nitrogens is 1. The Balaban J connectivity index is 2.67. The van der Waals surface area contributed by atoms with Crippen LogP contribution in [0, 0.1) is 16.7 Å². The van der Waals surface area contributed by atoms with Gasteiger partial charge in [0.25, 0.3) is 0 Å². The highest BCUT2D eigenvalue weighted by Crippen LogP contribution is 2.29. The molecule has 0 saturated carbocycles. The Labute approximate surface area is 107 Å². The van der Waals surface area contributed by atoms with Gasteiger partial charge in [0.2, 0.25) is 5.91 Å². The molecule has 0 aromatic carbocycles. The van der Waals surface area contributed by atoms with Crippen molar-refractivity contribution in [2.75, 3.05) is 0 Å². The molecule has 0 aliphatic heterocycles. The number of carbonyl (C=O) groups is 1. The number of amides is 1.